The number of carboxylic acids is 3. The normalized spacial score (nSPS) is 11.5. The van der Waals surface area contributed by atoms with Crippen LogP contribution in [0.3, 0.4) is 0 Å². The lowest BCUT2D eigenvalue weighted by Gasteiger charge is -2.07. The van der Waals surface area contributed by atoms with Gasteiger partial charge in [-0.3, -0.25) is 4.98 Å². The zero-order valence-electron chi connectivity index (χ0n) is 21.8. The maximum Gasteiger partial charge on any atom is 0.490 e. The Morgan fingerprint density at radius 2 is 1.26 bits per heavy atom. The molecule has 1 aliphatic rings. The number of rotatable bonds is 1. The number of pyridine rings is 3. The van der Waals surface area contributed by atoms with E-state index < -0.39 is 36.4 Å². The summed E-state index contributed by atoms with van der Waals surface area (Å²) in [7, 11) is 0. The zero-order chi connectivity index (χ0) is 35.0. The Morgan fingerprint density at radius 3 is 1.74 bits per heavy atom. The van der Waals surface area contributed by atoms with Crippen molar-refractivity contribution in [3.63, 3.8) is 0 Å². The largest absolute Gasteiger partial charge is 0.490 e. The van der Waals surface area contributed by atoms with Crippen LogP contribution >= 0.6 is 15.9 Å². The van der Waals surface area contributed by atoms with Crippen LogP contribution in [0.5, 0.6) is 0 Å². The molecule has 4 aromatic heterocycles. The molecule has 5 rings (SSSR count). The molecule has 1 aliphatic heterocycles. The number of hydrogen-bond acceptors (Lipinski definition) is 8. The fraction of sp³-hybridized carbons (Fsp3) is 0.125. The Balaban J connectivity index is 0.000000289. The highest BCUT2D eigenvalue weighted by Gasteiger charge is 2.39. The summed E-state index contributed by atoms with van der Waals surface area (Å²) < 4.78 is 96.0. The van der Waals surface area contributed by atoms with E-state index in [1.807, 2.05) is 30.3 Å². The van der Waals surface area contributed by atoms with E-state index in [2.05, 4.69) is 41.2 Å². The predicted octanol–water partition coefficient (Wildman–Crippen LogP) is 6.32. The first-order valence-electron chi connectivity index (χ1n) is 11.4. The highest BCUT2D eigenvalue weighted by atomic mass is 79.9. The minimum atomic E-state index is -5.08. The highest BCUT2D eigenvalue weighted by molar-refractivity contribution is 9.10. The third-order valence-electron chi connectivity index (χ3n) is 4.84. The molecule has 0 saturated heterocycles. The molecule has 0 aromatic carbocycles. The Bertz CT molecular complexity index is 1570. The molecule has 0 bridgehead atoms. The summed E-state index contributed by atoms with van der Waals surface area (Å²) in [5, 5.41) is 24.7. The third-order valence-corrected chi connectivity index (χ3v) is 5.31. The van der Waals surface area contributed by atoms with Gasteiger partial charge in [0.25, 0.3) is 0 Å². The van der Waals surface area contributed by atoms with Crippen LogP contribution in [0.4, 0.5) is 51.0 Å². The Labute approximate surface area is 257 Å². The molecule has 22 heteroatoms. The topological polar surface area (TPSA) is 191 Å². The molecule has 0 saturated carbocycles. The summed E-state index contributed by atoms with van der Waals surface area (Å²) >= 11 is 3.36. The van der Waals surface area contributed by atoms with Gasteiger partial charge in [0.15, 0.2) is 0 Å². The van der Waals surface area contributed by atoms with Crippen LogP contribution in [0.15, 0.2) is 59.7 Å². The lowest BCUT2D eigenvalue weighted by molar-refractivity contribution is -0.193. The summed E-state index contributed by atoms with van der Waals surface area (Å²) in [6, 6.07) is 9.77. The lowest BCUT2D eigenvalue weighted by Crippen LogP contribution is -2.21. The smallest absolute Gasteiger partial charge is 0.475 e. The van der Waals surface area contributed by atoms with Crippen molar-refractivity contribution >= 4 is 45.3 Å². The molecule has 0 spiro atoms. The standard InChI is InChI=1S/C18H11BrN6.3C2HF3O2/c19-14-4-3-10(8-22-14)17-24-15-11-5-7-20-9-13(11)23-18-12(16(15)25-17)2-1-6-21-18;3*3-2(4,5)1(6)7/h1-9H,(H,21,23)(H,24,25);3*(H,6,7). The molecule has 46 heavy (non-hydrogen) atoms. The number of carbonyl (C=O) groups is 3. The van der Waals surface area contributed by atoms with Gasteiger partial charge in [-0.05, 0) is 46.3 Å². The molecule has 12 nitrogen and oxygen atoms in total. The first-order chi connectivity index (χ1) is 21.1. The minimum absolute atomic E-state index is 0.766. The highest BCUT2D eigenvalue weighted by Crippen LogP contribution is 2.42. The molecule has 0 atom stereocenters. The molecule has 5 N–H and O–H groups in total. The van der Waals surface area contributed by atoms with Crippen molar-refractivity contribution in [1.29, 1.82) is 0 Å². The number of nitrogens with one attached hydrogen (secondary N) is 2. The van der Waals surface area contributed by atoms with Gasteiger partial charge in [-0.1, -0.05) is 0 Å². The molecule has 0 fully saturated rings. The fourth-order valence-electron chi connectivity index (χ4n) is 2.95. The number of anilines is 2. The minimum Gasteiger partial charge on any atom is -0.475 e. The summed E-state index contributed by atoms with van der Waals surface area (Å²) in [6.07, 6.45) is -8.13. The van der Waals surface area contributed by atoms with Gasteiger partial charge in [0.2, 0.25) is 0 Å². The molecule has 246 valence electrons. The number of H-pyrrole nitrogens is 1. The number of aromatic nitrogens is 5. The number of alkyl halides is 9. The predicted molar refractivity (Wildman–Crippen MR) is 140 cm³/mol. The second-order valence-corrected chi connectivity index (χ2v) is 8.85. The van der Waals surface area contributed by atoms with E-state index >= 15 is 0 Å². The third kappa shape index (κ3) is 10.4. The van der Waals surface area contributed by atoms with Crippen molar-refractivity contribution in [3.8, 4) is 33.9 Å². The van der Waals surface area contributed by atoms with Crippen LogP contribution in [0.2, 0.25) is 0 Å². The molecule has 0 unspecified atom stereocenters. The maximum absolute atomic E-state index is 10.6. The number of hydrogen-bond donors (Lipinski definition) is 5. The van der Waals surface area contributed by atoms with Crippen LogP contribution in [0, 0.1) is 0 Å². The Kier molecular flexibility index (Phi) is 11.8. The molecule has 0 aliphatic carbocycles. The van der Waals surface area contributed by atoms with Crippen molar-refractivity contribution < 1.29 is 69.2 Å². The molecule has 5 heterocycles. The molecule has 4 aromatic rings. The monoisotopic (exact) mass is 732 g/mol. The summed E-state index contributed by atoms with van der Waals surface area (Å²) in [5.41, 5.74) is 5.57. The van der Waals surface area contributed by atoms with Gasteiger partial charge in [-0.25, -0.2) is 29.3 Å². The van der Waals surface area contributed by atoms with Crippen molar-refractivity contribution in [2.24, 2.45) is 0 Å². The number of nitrogens with zero attached hydrogens (tertiary/aromatic N) is 4. The molecule has 0 radical (unpaired) electrons. The van der Waals surface area contributed by atoms with Crippen LogP contribution in [-0.2, 0) is 14.4 Å². The quantitative estimate of drug-likeness (QED) is 0.0958. The van der Waals surface area contributed by atoms with Gasteiger partial charge in [-0.15, -0.1) is 0 Å². The summed E-state index contributed by atoms with van der Waals surface area (Å²) in [6.45, 7) is 0. The zero-order valence-corrected chi connectivity index (χ0v) is 23.4. The van der Waals surface area contributed by atoms with E-state index in [1.165, 1.54) is 0 Å². The van der Waals surface area contributed by atoms with E-state index in [0.717, 1.165) is 50.0 Å². The lowest BCUT2D eigenvalue weighted by atomic mass is 10.1. The number of aliphatic carboxylic acids is 3. The van der Waals surface area contributed by atoms with E-state index in [9.17, 15) is 39.5 Å². The van der Waals surface area contributed by atoms with E-state index in [1.54, 1.807) is 24.8 Å². The first-order valence-corrected chi connectivity index (χ1v) is 12.2. The number of imidazole rings is 1. The number of carboxylic acid groups (broad SMARTS) is 3. The van der Waals surface area contributed by atoms with Crippen LogP contribution < -0.4 is 5.32 Å². The van der Waals surface area contributed by atoms with Crippen molar-refractivity contribution in [3.05, 3.63) is 59.7 Å². The SMILES string of the molecule is Brc1ccc(-c2nc3c([nH]2)-c2ccncc2Nc2ncccc2-3)cn1.O=C(O)C(F)(F)F.O=C(O)C(F)(F)F.O=C(O)C(F)(F)F. The van der Waals surface area contributed by atoms with Crippen molar-refractivity contribution in [1.82, 2.24) is 24.9 Å². The fourth-order valence-corrected chi connectivity index (χ4v) is 3.19. The van der Waals surface area contributed by atoms with E-state index in [0.29, 0.717) is 0 Å². The maximum atomic E-state index is 10.6. The second-order valence-electron chi connectivity index (χ2n) is 8.03. The van der Waals surface area contributed by atoms with Crippen molar-refractivity contribution in [2.45, 2.75) is 18.5 Å². The number of halogens is 10. The van der Waals surface area contributed by atoms with Gasteiger partial charge in [0, 0.05) is 35.3 Å². The van der Waals surface area contributed by atoms with Gasteiger partial charge < -0.3 is 25.6 Å². The van der Waals surface area contributed by atoms with Crippen LogP contribution in [0.25, 0.3) is 33.9 Å². The van der Waals surface area contributed by atoms with E-state index in [4.69, 9.17) is 34.7 Å². The molecular weight excluding hydrogens is 719 g/mol. The summed E-state index contributed by atoms with van der Waals surface area (Å²) in [4.78, 5) is 47.9. The number of fused-ring (bicyclic) bond motifs is 5. The Morgan fingerprint density at radius 1 is 0.717 bits per heavy atom. The number of aromatic amines is 1. The van der Waals surface area contributed by atoms with Gasteiger partial charge in [0.1, 0.15) is 21.9 Å². The van der Waals surface area contributed by atoms with E-state index in [-0.39, 0.29) is 0 Å². The first kappa shape index (κ1) is 36.9. The molecule has 0 amide bonds. The average Bonchev–Trinajstić information content (AvgIpc) is 3.33. The average molecular weight is 733 g/mol. The van der Waals surface area contributed by atoms with Crippen molar-refractivity contribution in [2.75, 3.05) is 5.32 Å². The Hall–Kier alpha value is -5.28. The summed E-state index contributed by atoms with van der Waals surface area (Å²) in [5.74, 6) is -6.74. The van der Waals surface area contributed by atoms with Gasteiger partial charge in [-0.2, -0.15) is 39.5 Å². The van der Waals surface area contributed by atoms with Crippen LogP contribution in [-0.4, -0.2) is 76.7 Å². The van der Waals surface area contributed by atoms with Crippen LogP contribution in [0.1, 0.15) is 0 Å². The van der Waals surface area contributed by atoms with Gasteiger partial charge >= 0.3 is 36.4 Å². The van der Waals surface area contributed by atoms with Gasteiger partial charge in [0.05, 0.1) is 17.6 Å². The molecular formula is C24H14BrF9N6O6. The second kappa shape index (κ2) is 14.7.